The van der Waals surface area contributed by atoms with Gasteiger partial charge in [0.1, 0.15) is 11.1 Å². The van der Waals surface area contributed by atoms with Crippen molar-refractivity contribution in [2.75, 3.05) is 20.2 Å². The Labute approximate surface area is 140 Å². The Balaban J connectivity index is 2.81. The van der Waals surface area contributed by atoms with E-state index in [2.05, 4.69) is 4.98 Å². The number of ether oxygens (including phenoxy) is 1. The van der Waals surface area contributed by atoms with E-state index in [0.29, 0.717) is 11.4 Å². The van der Waals surface area contributed by atoms with Crippen molar-refractivity contribution in [2.45, 2.75) is 39.3 Å². The average molecular weight is 343 g/mol. The molecule has 0 aromatic carbocycles. The largest absolute Gasteiger partial charge is 0.461 e. The van der Waals surface area contributed by atoms with E-state index < -0.39 is 12.1 Å². The summed E-state index contributed by atoms with van der Waals surface area (Å²) >= 11 is 1.20. The van der Waals surface area contributed by atoms with Crippen LogP contribution in [0.3, 0.4) is 0 Å². The summed E-state index contributed by atoms with van der Waals surface area (Å²) in [7, 11) is 1.68. The number of nitrogens with zero attached hydrogens (tertiary/aromatic N) is 2. The fourth-order valence-corrected chi connectivity index (χ4v) is 3.06. The molecule has 1 heterocycles. The summed E-state index contributed by atoms with van der Waals surface area (Å²) in [6.45, 7) is 5.88. The number of aliphatic hydroxyl groups excluding tert-OH is 1. The lowest BCUT2D eigenvalue weighted by atomic mass is 9.96. The molecule has 0 saturated heterocycles. The van der Waals surface area contributed by atoms with E-state index in [1.54, 1.807) is 24.3 Å². The van der Waals surface area contributed by atoms with Crippen LogP contribution in [0, 0.1) is 5.92 Å². The molecule has 1 aromatic rings. The Morgan fingerprint density at radius 2 is 2.13 bits per heavy atom. The third-order valence-corrected chi connectivity index (χ3v) is 4.54. The monoisotopic (exact) mass is 343 g/mol. The van der Waals surface area contributed by atoms with Crippen LogP contribution in [-0.4, -0.2) is 53.1 Å². The Morgan fingerprint density at radius 1 is 1.48 bits per heavy atom. The second-order valence-corrected chi connectivity index (χ2v) is 6.45. The second kappa shape index (κ2) is 8.95. The highest BCUT2D eigenvalue weighted by Gasteiger charge is 2.27. The molecule has 1 amide bonds. The maximum atomic E-state index is 11.8. The third kappa shape index (κ3) is 5.26. The summed E-state index contributed by atoms with van der Waals surface area (Å²) in [6.07, 6.45) is -0.529. The number of rotatable bonds is 8. The number of nitrogens with two attached hydrogens (primary N) is 1. The number of esters is 1. The lowest BCUT2D eigenvalue weighted by Crippen LogP contribution is -2.44. The molecule has 0 fully saturated rings. The van der Waals surface area contributed by atoms with Crippen LogP contribution < -0.4 is 5.73 Å². The molecular weight excluding hydrogens is 318 g/mol. The van der Waals surface area contributed by atoms with Gasteiger partial charge in [-0.3, -0.25) is 4.79 Å². The number of hydrogen-bond donors (Lipinski definition) is 2. The molecule has 23 heavy (non-hydrogen) atoms. The van der Waals surface area contributed by atoms with E-state index >= 15 is 0 Å². The van der Waals surface area contributed by atoms with Crippen LogP contribution in [0.4, 0.5) is 0 Å². The maximum Gasteiger partial charge on any atom is 0.357 e. The van der Waals surface area contributed by atoms with Crippen molar-refractivity contribution in [3.63, 3.8) is 0 Å². The van der Waals surface area contributed by atoms with Gasteiger partial charge >= 0.3 is 5.97 Å². The summed E-state index contributed by atoms with van der Waals surface area (Å²) < 4.78 is 4.88. The maximum absolute atomic E-state index is 11.8. The lowest BCUT2D eigenvalue weighted by molar-refractivity contribution is -0.132. The number of hydrogen-bond acceptors (Lipinski definition) is 7. The zero-order valence-electron chi connectivity index (χ0n) is 14.0. The summed E-state index contributed by atoms with van der Waals surface area (Å²) in [6, 6.07) is -0.170. The number of amides is 1. The molecule has 130 valence electrons. The van der Waals surface area contributed by atoms with Crippen molar-refractivity contribution in [1.82, 2.24) is 9.88 Å². The molecule has 0 saturated carbocycles. The van der Waals surface area contributed by atoms with Gasteiger partial charge in [-0.15, -0.1) is 11.3 Å². The first kappa shape index (κ1) is 19.5. The van der Waals surface area contributed by atoms with Gasteiger partial charge in [0.05, 0.1) is 13.2 Å². The number of carbonyl (C=O) groups excluding carboxylic acids is 2. The minimum atomic E-state index is -0.858. The molecule has 0 spiro atoms. The van der Waals surface area contributed by atoms with E-state index in [4.69, 9.17) is 10.5 Å². The third-order valence-electron chi connectivity index (χ3n) is 3.59. The fourth-order valence-electron chi connectivity index (χ4n) is 2.28. The Kier molecular flexibility index (Phi) is 7.60. The number of likely N-dealkylation sites (N-methyl/N-ethyl adjacent to an activating group) is 1. The summed E-state index contributed by atoms with van der Waals surface area (Å²) in [4.78, 5) is 29.1. The van der Waals surface area contributed by atoms with Gasteiger partial charge < -0.3 is 20.5 Å². The predicted molar refractivity (Wildman–Crippen MR) is 88.1 cm³/mol. The van der Waals surface area contributed by atoms with Gasteiger partial charge in [0.25, 0.3) is 0 Å². The van der Waals surface area contributed by atoms with Gasteiger partial charge in [-0.1, -0.05) is 13.8 Å². The zero-order valence-corrected chi connectivity index (χ0v) is 14.8. The van der Waals surface area contributed by atoms with Crippen molar-refractivity contribution in [1.29, 1.82) is 0 Å². The molecule has 3 N–H and O–H groups in total. The van der Waals surface area contributed by atoms with Crippen molar-refractivity contribution in [3.8, 4) is 0 Å². The first-order valence-electron chi connectivity index (χ1n) is 7.58. The Bertz CT molecular complexity index is 533. The normalized spacial score (nSPS) is 13.7. The highest BCUT2D eigenvalue weighted by molar-refractivity contribution is 7.09. The molecule has 1 rings (SSSR count). The molecule has 7 nitrogen and oxygen atoms in total. The van der Waals surface area contributed by atoms with E-state index in [1.807, 2.05) is 13.8 Å². The highest BCUT2D eigenvalue weighted by atomic mass is 32.1. The van der Waals surface area contributed by atoms with E-state index in [0.717, 1.165) is 0 Å². The van der Waals surface area contributed by atoms with Gasteiger partial charge in [0, 0.05) is 24.9 Å². The molecular formula is C15H25N3O4S. The van der Waals surface area contributed by atoms with Gasteiger partial charge in [-0.05, 0) is 12.8 Å². The van der Waals surface area contributed by atoms with Crippen LogP contribution in [0.5, 0.6) is 0 Å². The molecule has 2 unspecified atom stereocenters. The van der Waals surface area contributed by atoms with Crippen LogP contribution in [0.2, 0.25) is 0 Å². The van der Waals surface area contributed by atoms with Crippen LogP contribution >= 0.6 is 11.3 Å². The summed E-state index contributed by atoms with van der Waals surface area (Å²) in [5, 5.41) is 12.4. The molecule has 0 aliphatic heterocycles. The van der Waals surface area contributed by atoms with Crippen molar-refractivity contribution in [3.05, 3.63) is 16.1 Å². The quantitative estimate of drug-likeness (QED) is 0.687. The van der Waals surface area contributed by atoms with Gasteiger partial charge in [0.2, 0.25) is 5.91 Å². The number of aliphatic hydroxyl groups is 1. The Hall–Kier alpha value is -1.51. The molecule has 0 aliphatic carbocycles. The van der Waals surface area contributed by atoms with Crippen LogP contribution in [0.25, 0.3) is 0 Å². The van der Waals surface area contributed by atoms with Gasteiger partial charge in [0.15, 0.2) is 5.69 Å². The fraction of sp³-hybridized carbons (Fsp3) is 0.667. The Morgan fingerprint density at radius 3 is 2.65 bits per heavy atom. The van der Waals surface area contributed by atoms with Crippen LogP contribution in [0.1, 0.15) is 48.8 Å². The molecule has 1 aromatic heterocycles. The summed E-state index contributed by atoms with van der Waals surface area (Å²) in [5.74, 6) is -0.532. The van der Waals surface area contributed by atoms with Crippen molar-refractivity contribution >= 4 is 23.2 Å². The molecule has 2 atom stereocenters. The first-order valence-corrected chi connectivity index (χ1v) is 8.46. The minimum Gasteiger partial charge on any atom is -0.461 e. The van der Waals surface area contributed by atoms with Gasteiger partial charge in [-0.2, -0.15) is 0 Å². The second-order valence-electron chi connectivity index (χ2n) is 5.56. The minimum absolute atomic E-state index is 0.0694. The molecule has 8 heteroatoms. The van der Waals surface area contributed by atoms with Crippen molar-refractivity contribution < 1.29 is 19.4 Å². The first-order chi connectivity index (χ1) is 10.8. The highest BCUT2D eigenvalue weighted by Crippen LogP contribution is 2.27. The smallest absolute Gasteiger partial charge is 0.357 e. The molecule has 0 bridgehead atoms. The standard InChI is InChI=1S/C15H25N3O4S/c1-5-22-15(21)10-8-23-14(17-10)12(19)6-11(9(2)3)18(4)13(20)7-16/h8-9,11-12,19H,5-7,16H2,1-4H3. The average Bonchev–Trinajstić information content (AvgIpc) is 3.01. The predicted octanol–water partition coefficient (Wildman–Crippen LogP) is 1.19. The zero-order chi connectivity index (χ0) is 17.6. The van der Waals surface area contributed by atoms with Crippen LogP contribution in [0.15, 0.2) is 5.38 Å². The van der Waals surface area contributed by atoms with E-state index in [-0.39, 0.29) is 36.7 Å². The number of carbonyl (C=O) groups is 2. The summed E-state index contributed by atoms with van der Waals surface area (Å²) in [5.41, 5.74) is 5.60. The van der Waals surface area contributed by atoms with E-state index in [9.17, 15) is 14.7 Å². The molecule has 0 aliphatic rings. The van der Waals surface area contributed by atoms with E-state index in [1.165, 1.54) is 11.3 Å². The topological polar surface area (TPSA) is 106 Å². The van der Waals surface area contributed by atoms with Crippen LogP contribution in [-0.2, 0) is 9.53 Å². The van der Waals surface area contributed by atoms with Crippen molar-refractivity contribution in [2.24, 2.45) is 11.7 Å². The number of aromatic nitrogens is 1. The lowest BCUT2D eigenvalue weighted by Gasteiger charge is -2.32. The SMILES string of the molecule is CCOC(=O)c1csc(C(O)CC(C(C)C)N(C)C(=O)CN)n1. The number of thiazole rings is 1. The van der Waals surface area contributed by atoms with Gasteiger partial charge in [-0.25, -0.2) is 9.78 Å². The molecule has 0 radical (unpaired) electrons.